The van der Waals surface area contributed by atoms with E-state index in [1.165, 1.54) is 24.8 Å². The Balaban J connectivity index is 1.38. The number of hydrogen-bond acceptors (Lipinski definition) is 5. The molecule has 4 aliphatic carbocycles. The van der Waals surface area contributed by atoms with E-state index in [2.05, 4.69) is 29.6 Å². The van der Waals surface area contributed by atoms with Crippen LogP contribution in [0.1, 0.15) is 49.7 Å². The molecule has 0 aliphatic heterocycles. The number of rotatable bonds is 8. The maximum Gasteiger partial charge on any atom is 0.226 e. The van der Waals surface area contributed by atoms with Crippen molar-refractivity contribution in [1.82, 2.24) is 5.32 Å². The maximum atomic E-state index is 13.8. The molecule has 2 atom stereocenters. The topological polar surface area (TPSA) is 66.0 Å². The van der Waals surface area contributed by atoms with Gasteiger partial charge >= 0.3 is 0 Å². The van der Waals surface area contributed by atoms with Crippen LogP contribution in [0.2, 0.25) is 0 Å². The van der Waals surface area contributed by atoms with Gasteiger partial charge in [-0.25, -0.2) is 0 Å². The molecule has 1 N–H and O–H groups in total. The molecule has 2 unspecified atom stereocenters. The van der Waals surface area contributed by atoms with E-state index in [-0.39, 0.29) is 16.7 Å². The monoisotopic (exact) mass is 465 g/mol. The third-order valence-corrected chi connectivity index (χ3v) is 8.47. The molecular formula is C28H35NO5. The van der Waals surface area contributed by atoms with Crippen LogP contribution in [-0.2, 0) is 16.8 Å². The summed E-state index contributed by atoms with van der Waals surface area (Å²) in [6, 6.07) is 12.2. The number of benzene rings is 2. The van der Waals surface area contributed by atoms with E-state index in [1.807, 2.05) is 12.1 Å². The van der Waals surface area contributed by atoms with Gasteiger partial charge in [-0.1, -0.05) is 12.1 Å². The predicted molar refractivity (Wildman–Crippen MR) is 130 cm³/mol. The average Bonchev–Trinajstić information content (AvgIpc) is 2.85. The second-order valence-electron chi connectivity index (χ2n) is 10.5. The number of methoxy groups -OCH3 is 4. The normalized spacial score (nSPS) is 28.9. The summed E-state index contributed by atoms with van der Waals surface area (Å²) in [6.45, 7) is 0.398. The second-order valence-corrected chi connectivity index (χ2v) is 10.5. The molecule has 1 amide bonds. The molecule has 6 nitrogen and oxygen atoms in total. The Hall–Kier alpha value is -2.89. The Bertz CT molecular complexity index is 1050. The van der Waals surface area contributed by atoms with Crippen molar-refractivity contribution in [3.63, 3.8) is 0 Å². The summed E-state index contributed by atoms with van der Waals surface area (Å²) >= 11 is 0. The van der Waals surface area contributed by atoms with E-state index >= 15 is 0 Å². The first-order valence-corrected chi connectivity index (χ1v) is 12.2. The fourth-order valence-corrected chi connectivity index (χ4v) is 7.40. The zero-order valence-corrected chi connectivity index (χ0v) is 20.6. The summed E-state index contributed by atoms with van der Waals surface area (Å²) in [5.74, 6) is 4.20. The Morgan fingerprint density at radius 2 is 1.47 bits per heavy atom. The second kappa shape index (κ2) is 8.71. The number of hydrogen-bond donors (Lipinski definition) is 1. The van der Waals surface area contributed by atoms with Crippen LogP contribution in [0, 0.1) is 17.3 Å². The van der Waals surface area contributed by atoms with Crippen molar-refractivity contribution in [3.8, 4) is 23.0 Å². The van der Waals surface area contributed by atoms with Gasteiger partial charge in [0.1, 0.15) is 11.5 Å². The van der Waals surface area contributed by atoms with Gasteiger partial charge in [0, 0.05) is 18.2 Å². The van der Waals surface area contributed by atoms with Crippen molar-refractivity contribution in [2.24, 2.45) is 17.3 Å². The lowest BCUT2D eigenvalue weighted by molar-refractivity contribution is -0.149. The van der Waals surface area contributed by atoms with Crippen molar-refractivity contribution in [2.45, 2.75) is 50.5 Å². The van der Waals surface area contributed by atoms with Gasteiger partial charge in [-0.2, -0.15) is 0 Å². The van der Waals surface area contributed by atoms with Gasteiger partial charge in [0.25, 0.3) is 0 Å². The highest BCUT2D eigenvalue weighted by Gasteiger charge is 2.60. The maximum absolute atomic E-state index is 13.8. The van der Waals surface area contributed by atoms with Crippen molar-refractivity contribution < 1.29 is 23.7 Å². The fourth-order valence-electron chi connectivity index (χ4n) is 7.40. The molecule has 0 aromatic heterocycles. The zero-order valence-electron chi connectivity index (χ0n) is 20.6. The predicted octanol–water partition coefficient (Wildman–Crippen LogP) is 4.88. The van der Waals surface area contributed by atoms with Crippen molar-refractivity contribution >= 4 is 5.91 Å². The zero-order chi connectivity index (χ0) is 23.9. The molecule has 2 aromatic carbocycles. The minimum absolute atomic E-state index is 0.0920. The minimum atomic E-state index is -0.298. The molecule has 4 bridgehead atoms. The molecule has 0 heterocycles. The Morgan fingerprint density at radius 1 is 0.853 bits per heavy atom. The van der Waals surface area contributed by atoms with Gasteiger partial charge in [0.05, 0.1) is 33.9 Å². The van der Waals surface area contributed by atoms with Crippen molar-refractivity contribution in [2.75, 3.05) is 28.4 Å². The average molecular weight is 466 g/mol. The van der Waals surface area contributed by atoms with Gasteiger partial charge in [0.15, 0.2) is 11.5 Å². The molecule has 182 valence electrons. The Kier molecular flexibility index (Phi) is 5.86. The molecule has 34 heavy (non-hydrogen) atoms. The lowest BCUT2D eigenvalue weighted by atomic mass is 9.42. The van der Waals surface area contributed by atoms with Gasteiger partial charge in [-0.05, 0) is 79.5 Å². The SMILES string of the molecule is COc1ccc(C23CC4CC(CC(C(=O)NCc5cc(OC)c(OC)cc5OC)(C4)C2)C3)cc1. The lowest BCUT2D eigenvalue weighted by Crippen LogP contribution is -2.59. The number of nitrogens with one attached hydrogen (secondary N) is 1. The Labute approximate surface area is 201 Å². The van der Waals surface area contributed by atoms with E-state index in [1.54, 1.807) is 28.4 Å². The van der Waals surface area contributed by atoms with Gasteiger partial charge < -0.3 is 24.3 Å². The number of carbonyl (C=O) groups excluding carboxylic acids is 1. The molecular weight excluding hydrogens is 430 g/mol. The summed E-state index contributed by atoms with van der Waals surface area (Å²) in [5.41, 5.74) is 2.03. The quantitative estimate of drug-likeness (QED) is 0.602. The largest absolute Gasteiger partial charge is 0.497 e. The summed E-state index contributed by atoms with van der Waals surface area (Å²) in [5, 5.41) is 3.27. The molecule has 4 aliphatic rings. The fraction of sp³-hybridized carbons (Fsp3) is 0.536. The van der Waals surface area contributed by atoms with E-state index in [4.69, 9.17) is 18.9 Å². The van der Waals surface area contributed by atoms with Crippen LogP contribution < -0.4 is 24.3 Å². The lowest BCUT2D eigenvalue weighted by Gasteiger charge is -2.61. The molecule has 6 heteroatoms. The molecule has 4 fully saturated rings. The number of carbonyl (C=O) groups is 1. The van der Waals surface area contributed by atoms with Crippen LogP contribution in [-0.4, -0.2) is 34.3 Å². The van der Waals surface area contributed by atoms with Crippen LogP contribution in [0.15, 0.2) is 36.4 Å². The first kappa shape index (κ1) is 22.9. The number of ether oxygens (including phenoxy) is 4. The van der Waals surface area contributed by atoms with Crippen LogP contribution in [0.25, 0.3) is 0 Å². The van der Waals surface area contributed by atoms with E-state index in [9.17, 15) is 4.79 Å². The summed E-state index contributed by atoms with van der Waals surface area (Å²) in [6.07, 6.45) is 6.56. The van der Waals surface area contributed by atoms with Crippen LogP contribution in [0.4, 0.5) is 0 Å². The highest BCUT2D eigenvalue weighted by atomic mass is 16.5. The van der Waals surface area contributed by atoms with Crippen molar-refractivity contribution in [3.05, 3.63) is 47.5 Å². The summed E-state index contributed by atoms with van der Waals surface area (Å²) < 4.78 is 21.8. The molecule has 6 rings (SSSR count). The highest BCUT2D eigenvalue weighted by Crippen LogP contribution is 2.65. The van der Waals surface area contributed by atoms with E-state index in [0.717, 1.165) is 30.6 Å². The Morgan fingerprint density at radius 3 is 2.06 bits per heavy atom. The van der Waals surface area contributed by atoms with E-state index < -0.39 is 0 Å². The number of amides is 1. The van der Waals surface area contributed by atoms with Gasteiger partial charge in [0.2, 0.25) is 5.91 Å². The van der Waals surface area contributed by atoms with Crippen molar-refractivity contribution in [1.29, 1.82) is 0 Å². The van der Waals surface area contributed by atoms with Gasteiger partial charge in [-0.3, -0.25) is 4.79 Å². The highest BCUT2D eigenvalue weighted by molar-refractivity contribution is 5.83. The minimum Gasteiger partial charge on any atom is -0.497 e. The molecule has 0 spiro atoms. The third-order valence-electron chi connectivity index (χ3n) is 8.47. The molecule has 0 saturated heterocycles. The summed E-state index contributed by atoms with van der Waals surface area (Å²) in [4.78, 5) is 13.8. The van der Waals surface area contributed by atoms with Gasteiger partial charge in [-0.15, -0.1) is 0 Å². The molecule has 2 aromatic rings. The standard InChI is InChI=1S/C28H35NO5/c1-31-22-7-5-21(6-8-22)27-12-18-9-19(13-27)15-28(14-18,17-27)26(30)29-16-20-10-24(33-3)25(34-4)11-23(20)32-2/h5-8,10-11,18-19H,9,12-17H2,1-4H3,(H,29,30). The van der Waals surface area contributed by atoms with E-state index in [0.29, 0.717) is 35.6 Å². The molecule has 4 saturated carbocycles. The smallest absolute Gasteiger partial charge is 0.226 e. The van der Waals surface area contributed by atoms with Crippen LogP contribution >= 0.6 is 0 Å². The first-order valence-electron chi connectivity index (χ1n) is 12.2. The molecule has 0 radical (unpaired) electrons. The van der Waals surface area contributed by atoms with Crippen LogP contribution in [0.5, 0.6) is 23.0 Å². The van der Waals surface area contributed by atoms with Crippen LogP contribution in [0.3, 0.4) is 0 Å². The first-order chi connectivity index (χ1) is 16.4. The summed E-state index contributed by atoms with van der Waals surface area (Å²) in [7, 11) is 6.54. The third kappa shape index (κ3) is 3.77.